The van der Waals surface area contributed by atoms with Gasteiger partial charge in [-0.25, -0.2) is 0 Å². The normalized spacial score (nSPS) is 22.4. The lowest BCUT2D eigenvalue weighted by Gasteiger charge is -2.44. The fourth-order valence-corrected chi connectivity index (χ4v) is 4.33. The van der Waals surface area contributed by atoms with Gasteiger partial charge in [-0.2, -0.15) is 0 Å². The van der Waals surface area contributed by atoms with Gasteiger partial charge in [0.05, 0.1) is 0 Å². The van der Waals surface area contributed by atoms with Crippen molar-refractivity contribution in [1.82, 2.24) is 14.8 Å². The molecule has 0 spiro atoms. The van der Waals surface area contributed by atoms with Gasteiger partial charge in [-0.15, -0.1) is 0 Å². The largest absolute Gasteiger partial charge is 0.463 e. The minimum absolute atomic E-state index is 0.00195. The summed E-state index contributed by atoms with van der Waals surface area (Å²) >= 11 is 0. The summed E-state index contributed by atoms with van der Waals surface area (Å²) in [5.41, 5.74) is 4.17. The molecule has 0 radical (unpaired) electrons. The van der Waals surface area contributed by atoms with E-state index in [0.29, 0.717) is 6.04 Å². The van der Waals surface area contributed by atoms with Crippen molar-refractivity contribution in [2.24, 2.45) is 0 Å². The number of benzene rings is 1. The number of hydrogen-bond donors (Lipinski definition) is 1. The van der Waals surface area contributed by atoms with Crippen LogP contribution >= 0.6 is 0 Å². The Hall–Kier alpha value is -1.85. The fraction of sp³-hybridized carbons (Fsp3) is 0.550. The Morgan fingerprint density at radius 1 is 1.36 bits per heavy atom. The molecule has 1 aromatic heterocycles. The molecule has 134 valence electrons. The van der Waals surface area contributed by atoms with Gasteiger partial charge in [0.25, 0.3) is 0 Å². The maximum Gasteiger partial charge on any atom is 0.302 e. The van der Waals surface area contributed by atoms with Crippen LogP contribution in [0.2, 0.25) is 0 Å². The lowest BCUT2D eigenvalue weighted by Crippen LogP contribution is -2.55. The molecule has 5 nitrogen and oxygen atoms in total. The van der Waals surface area contributed by atoms with E-state index < -0.39 is 0 Å². The Balaban J connectivity index is 1.41. The van der Waals surface area contributed by atoms with Crippen molar-refractivity contribution in [3.8, 4) is 0 Å². The third kappa shape index (κ3) is 3.44. The average Bonchev–Trinajstić information content (AvgIpc) is 2.94. The second-order valence-corrected chi connectivity index (χ2v) is 7.47. The van der Waals surface area contributed by atoms with Crippen LogP contribution in [0.1, 0.15) is 31.5 Å². The molecule has 2 aliphatic rings. The van der Waals surface area contributed by atoms with Gasteiger partial charge in [0.15, 0.2) is 0 Å². The number of aromatic amines is 1. The zero-order chi connectivity index (χ0) is 17.4. The Morgan fingerprint density at radius 2 is 2.20 bits per heavy atom. The number of rotatable bonds is 4. The molecule has 0 bridgehead atoms. The number of para-hydroxylation sites is 1. The monoisotopic (exact) mass is 341 g/mol. The van der Waals surface area contributed by atoms with Crippen LogP contribution in [-0.4, -0.2) is 59.1 Å². The quantitative estimate of drug-likeness (QED) is 0.869. The molecule has 1 N–H and O–H groups in total. The van der Waals surface area contributed by atoms with E-state index >= 15 is 0 Å². The molecule has 25 heavy (non-hydrogen) atoms. The number of fused-ring (bicyclic) bond motifs is 4. The molecule has 0 saturated carbocycles. The highest BCUT2D eigenvalue weighted by molar-refractivity contribution is 5.84. The van der Waals surface area contributed by atoms with Crippen molar-refractivity contribution in [2.45, 2.75) is 45.4 Å². The Labute approximate surface area is 148 Å². The molecule has 4 rings (SSSR count). The number of hydrogen-bond acceptors (Lipinski definition) is 4. The molecule has 2 unspecified atom stereocenters. The lowest BCUT2D eigenvalue weighted by molar-refractivity contribution is -0.145. The molecule has 2 aliphatic heterocycles. The van der Waals surface area contributed by atoms with Crippen molar-refractivity contribution in [3.63, 3.8) is 0 Å². The highest BCUT2D eigenvalue weighted by Crippen LogP contribution is 2.31. The summed E-state index contributed by atoms with van der Waals surface area (Å²) in [6, 6.07) is 9.23. The molecule has 2 atom stereocenters. The van der Waals surface area contributed by atoms with Gasteiger partial charge in [-0.05, 0) is 31.4 Å². The number of H-pyrrole nitrogens is 1. The molecule has 0 amide bonds. The summed E-state index contributed by atoms with van der Waals surface area (Å²) in [7, 11) is 0. The number of carbonyl (C=O) groups is 1. The molecule has 0 aliphatic carbocycles. The number of carbonyl (C=O) groups excluding carboxylic acids is 1. The minimum atomic E-state index is -0.184. The van der Waals surface area contributed by atoms with Crippen LogP contribution in [0.5, 0.6) is 0 Å². The third-order valence-electron chi connectivity index (χ3n) is 5.61. The topological polar surface area (TPSA) is 48.6 Å². The van der Waals surface area contributed by atoms with Gasteiger partial charge in [0.2, 0.25) is 0 Å². The lowest BCUT2D eigenvalue weighted by atomic mass is 9.94. The first-order chi connectivity index (χ1) is 12.1. The van der Waals surface area contributed by atoms with Crippen LogP contribution in [0, 0.1) is 0 Å². The number of nitrogens with zero attached hydrogens (tertiary/aromatic N) is 2. The van der Waals surface area contributed by atoms with E-state index in [1.54, 1.807) is 0 Å². The number of ether oxygens (including phenoxy) is 1. The predicted molar refractivity (Wildman–Crippen MR) is 98.5 cm³/mol. The standard InChI is InChI=1S/C20H27N3O2/c1-14(25-15(2)24)7-8-22-9-10-23-13-20-18(11-16(23)12-22)17-5-3-4-6-19(17)21-20/h3-6,14,16,21H,7-13H2,1-2H3. The van der Waals surface area contributed by atoms with Crippen LogP contribution < -0.4 is 0 Å². The van der Waals surface area contributed by atoms with Gasteiger partial charge in [0.1, 0.15) is 6.10 Å². The van der Waals surface area contributed by atoms with Crippen LogP contribution in [0.25, 0.3) is 10.9 Å². The second kappa shape index (κ2) is 6.81. The first-order valence-electron chi connectivity index (χ1n) is 9.32. The first-order valence-corrected chi connectivity index (χ1v) is 9.32. The molecular weight excluding hydrogens is 314 g/mol. The van der Waals surface area contributed by atoms with Gasteiger partial charge < -0.3 is 14.6 Å². The van der Waals surface area contributed by atoms with E-state index in [4.69, 9.17) is 4.74 Å². The number of piperazine rings is 1. The number of aromatic nitrogens is 1. The molecule has 5 heteroatoms. The molecule has 1 aromatic carbocycles. The fourth-order valence-electron chi connectivity index (χ4n) is 4.33. The Morgan fingerprint density at radius 3 is 3.04 bits per heavy atom. The van der Waals surface area contributed by atoms with Crippen molar-refractivity contribution < 1.29 is 9.53 Å². The summed E-state index contributed by atoms with van der Waals surface area (Å²) in [6.45, 7) is 8.81. The van der Waals surface area contributed by atoms with Crippen LogP contribution in [0.15, 0.2) is 24.3 Å². The van der Waals surface area contributed by atoms with Gasteiger partial charge in [-0.1, -0.05) is 18.2 Å². The van der Waals surface area contributed by atoms with E-state index in [9.17, 15) is 4.79 Å². The van der Waals surface area contributed by atoms with Gasteiger partial charge in [-0.3, -0.25) is 9.69 Å². The number of nitrogens with one attached hydrogen (secondary N) is 1. The highest BCUT2D eigenvalue weighted by atomic mass is 16.5. The average molecular weight is 341 g/mol. The Kier molecular flexibility index (Phi) is 4.52. The molecular formula is C20H27N3O2. The van der Waals surface area contributed by atoms with Crippen LogP contribution in [0.3, 0.4) is 0 Å². The summed E-state index contributed by atoms with van der Waals surface area (Å²) < 4.78 is 5.25. The molecule has 1 saturated heterocycles. The van der Waals surface area contributed by atoms with E-state index in [-0.39, 0.29) is 12.1 Å². The van der Waals surface area contributed by atoms with E-state index in [2.05, 4.69) is 39.0 Å². The third-order valence-corrected chi connectivity index (χ3v) is 5.61. The number of esters is 1. The first kappa shape index (κ1) is 16.6. The SMILES string of the molecule is CC(=O)OC(C)CCN1CCN2Cc3[nH]c4ccccc4c3CC2C1. The second-order valence-electron chi connectivity index (χ2n) is 7.47. The highest BCUT2D eigenvalue weighted by Gasteiger charge is 2.33. The smallest absolute Gasteiger partial charge is 0.302 e. The van der Waals surface area contributed by atoms with Crippen molar-refractivity contribution in [3.05, 3.63) is 35.5 Å². The van der Waals surface area contributed by atoms with E-state index in [0.717, 1.165) is 45.6 Å². The van der Waals surface area contributed by atoms with Crippen molar-refractivity contribution in [1.29, 1.82) is 0 Å². The summed E-state index contributed by atoms with van der Waals surface area (Å²) in [5, 5.41) is 1.39. The molecule has 1 fully saturated rings. The van der Waals surface area contributed by atoms with Crippen LogP contribution in [-0.2, 0) is 22.5 Å². The van der Waals surface area contributed by atoms with E-state index in [1.807, 2.05) is 6.92 Å². The summed E-state index contributed by atoms with van der Waals surface area (Å²) in [6.07, 6.45) is 2.03. The zero-order valence-electron chi connectivity index (χ0n) is 15.1. The van der Waals surface area contributed by atoms with Gasteiger partial charge in [0, 0.05) is 62.3 Å². The predicted octanol–water partition coefficient (Wildman–Crippen LogP) is 2.55. The van der Waals surface area contributed by atoms with Gasteiger partial charge >= 0.3 is 5.97 Å². The summed E-state index contributed by atoms with van der Waals surface area (Å²) in [4.78, 5) is 19.8. The summed E-state index contributed by atoms with van der Waals surface area (Å²) in [5.74, 6) is -0.184. The maximum atomic E-state index is 11.0. The zero-order valence-corrected chi connectivity index (χ0v) is 15.1. The minimum Gasteiger partial charge on any atom is -0.463 e. The van der Waals surface area contributed by atoms with Crippen molar-refractivity contribution in [2.75, 3.05) is 26.2 Å². The van der Waals surface area contributed by atoms with Crippen molar-refractivity contribution >= 4 is 16.9 Å². The maximum absolute atomic E-state index is 11.0. The van der Waals surface area contributed by atoms with E-state index in [1.165, 1.54) is 29.1 Å². The molecule has 3 heterocycles. The Bertz CT molecular complexity index is 769. The van der Waals surface area contributed by atoms with Crippen LogP contribution in [0.4, 0.5) is 0 Å². The molecule has 2 aromatic rings.